The Morgan fingerprint density at radius 1 is 1.32 bits per heavy atom. The molecule has 2 heterocycles. The number of carbonyl (C=O) groups is 1. The molecule has 2 aromatic rings. The summed E-state index contributed by atoms with van der Waals surface area (Å²) in [5.74, 6) is -2.06. The lowest BCUT2D eigenvalue weighted by Gasteiger charge is -2.34. The molecular formula is C17H18F2N3O3. The third kappa shape index (κ3) is 3.21. The number of aryl methyl sites for hydroxylation is 1. The standard InChI is InChI=1S/C17H18F2N3O3/c1-20-4-6-21(7-5-20)15-9-14-11(8-13(15)19)16(23)12(17(24)25)10-22(14)3-2-18/h8,10H,2-7H2,1H3,(H,24,25). The maximum atomic E-state index is 14.6. The summed E-state index contributed by atoms with van der Waals surface area (Å²) in [5.41, 5.74) is -0.877. The van der Waals surface area contributed by atoms with Crippen LogP contribution in [0.1, 0.15) is 10.4 Å². The highest BCUT2D eigenvalue weighted by Gasteiger charge is 2.21. The van der Waals surface area contributed by atoms with Crippen molar-refractivity contribution < 1.29 is 18.7 Å². The number of rotatable bonds is 4. The van der Waals surface area contributed by atoms with Crippen LogP contribution in [0.2, 0.25) is 0 Å². The van der Waals surface area contributed by atoms with E-state index in [1.807, 2.05) is 11.9 Å². The van der Waals surface area contributed by atoms with Gasteiger partial charge in [-0.15, -0.1) is 0 Å². The van der Waals surface area contributed by atoms with Gasteiger partial charge < -0.3 is 19.5 Å². The van der Waals surface area contributed by atoms with Gasteiger partial charge in [-0.25, -0.2) is 13.6 Å². The van der Waals surface area contributed by atoms with Crippen LogP contribution in [-0.4, -0.2) is 60.4 Å². The number of hydrogen-bond donors (Lipinski definition) is 1. The van der Waals surface area contributed by atoms with Crippen molar-refractivity contribution in [2.45, 2.75) is 6.54 Å². The van der Waals surface area contributed by atoms with Gasteiger partial charge in [-0.05, 0) is 13.1 Å². The van der Waals surface area contributed by atoms with E-state index in [-0.39, 0.29) is 23.1 Å². The minimum atomic E-state index is -1.43. The topological polar surface area (TPSA) is 65.8 Å². The van der Waals surface area contributed by atoms with E-state index >= 15 is 0 Å². The summed E-state index contributed by atoms with van der Waals surface area (Å²) in [6.07, 6.45) is 1.09. The summed E-state index contributed by atoms with van der Waals surface area (Å²) in [6, 6.07) is 3.91. The van der Waals surface area contributed by atoms with Gasteiger partial charge in [0.05, 0.1) is 23.1 Å². The van der Waals surface area contributed by atoms with E-state index in [9.17, 15) is 18.4 Å². The Balaban J connectivity index is 2.18. The van der Waals surface area contributed by atoms with Gasteiger partial charge in [0.25, 0.3) is 0 Å². The summed E-state index contributed by atoms with van der Waals surface area (Å²) >= 11 is 0. The van der Waals surface area contributed by atoms with E-state index in [0.29, 0.717) is 13.1 Å². The van der Waals surface area contributed by atoms with Gasteiger partial charge >= 0.3 is 5.97 Å². The van der Waals surface area contributed by atoms with Crippen LogP contribution in [0.25, 0.3) is 10.9 Å². The zero-order valence-electron chi connectivity index (χ0n) is 13.8. The lowest BCUT2D eigenvalue weighted by atomic mass is 10.1. The molecule has 133 valence electrons. The van der Waals surface area contributed by atoms with Crippen molar-refractivity contribution in [3.63, 3.8) is 0 Å². The fraction of sp³-hybridized carbons (Fsp3) is 0.412. The molecule has 0 amide bonds. The second-order valence-electron chi connectivity index (χ2n) is 6.08. The largest absolute Gasteiger partial charge is 0.477 e. The number of likely N-dealkylation sites (N-methyl/N-ethyl adjacent to an activating group) is 1. The van der Waals surface area contributed by atoms with Crippen LogP contribution in [0, 0.1) is 11.9 Å². The van der Waals surface area contributed by atoms with Crippen molar-refractivity contribution >= 4 is 22.6 Å². The monoisotopic (exact) mass is 350 g/mol. The normalized spacial score (nSPS) is 15.7. The fourth-order valence-corrected chi connectivity index (χ4v) is 3.01. The Kier molecular flexibility index (Phi) is 4.71. The second kappa shape index (κ2) is 6.79. The number of alkyl halides is 1. The lowest BCUT2D eigenvalue weighted by molar-refractivity contribution is 0.0694. The third-order valence-electron chi connectivity index (χ3n) is 4.43. The molecule has 1 fully saturated rings. The van der Waals surface area contributed by atoms with Crippen molar-refractivity contribution in [2.75, 3.05) is 44.8 Å². The summed E-state index contributed by atoms with van der Waals surface area (Å²) in [6.45, 7) is 1.86. The molecule has 1 radical (unpaired) electrons. The molecule has 6 nitrogen and oxygen atoms in total. The number of aromatic carboxylic acids is 1. The van der Waals surface area contributed by atoms with Gasteiger partial charge in [0.1, 0.15) is 18.1 Å². The first-order chi connectivity index (χ1) is 11.9. The average Bonchev–Trinajstić information content (AvgIpc) is 2.58. The summed E-state index contributed by atoms with van der Waals surface area (Å²) in [7, 11) is 1.98. The molecule has 0 unspecified atom stereocenters. The van der Waals surface area contributed by atoms with Crippen LogP contribution in [-0.2, 0) is 6.54 Å². The first kappa shape index (κ1) is 17.3. The molecule has 1 N–H and O–H groups in total. The molecule has 0 bridgehead atoms. The van der Waals surface area contributed by atoms with E-state index in [0.717, 1.165) is 25.4 Å². The highest BCUT2D eigenvalue weighted by atomic mass is 19.1. The molecular weight excluding hydrogens is 332 g/mol. The minimum absolute atomic E-state index is 0.108. The number of fused-ring (bicyclic) bond motifs is 1. The first-order valence-electron chi connectivity index (χ1n) is 7.94. The lowest BCUT2D eigenvalue weighted by Crippen LogP contribution is -2.44. The summed E-state index contributed by atoms with van der Waals surface area (Å²) < 4.78 is 28.7. The zero-order valence-corrected chi connectivity index (χ0v) is 13.8. The number of anilines is 1. The van der Waals surface area contributed by atoms with Crippen LogP contribution in [0.5, 0.6) is 0 Å². The smallest absolute Gasteiger partial charge is 0.341 e. The van der Waals surface area contributed by atoms with Crippen LogP contribution >= 0.6 is 0 Å². The number of piperazine rings is 1. The molecule has 0 spiro atoms. The molecule has 1 aliphatic heterocycles. The van der Waals surface area contributed by atoms with Crippen LogP contribution in [0.4, 0.5) is 14.5 Å². The second-order valence-corrected chi connectivity index (χ2v) is 6.08. The van der Waals surface area contributed by atoms with E-state index in [2.05, 4.69) is 11.0 Å². The van der Waals surface area contributed by atoms with Crippen LogP contribution in [0.15, 0.2) is 17.1 Å². The first-order valence-corrected chi connectivity index (χ1v) is 7.94. The number of carboxylic acid groups (broad SMARTS) is 1. The molecule has 0 aliphatic carbocycles. The summed E-state index contributed by atoms with van der Waals surface area (Å²) in [4.78, 5) is 27.5. The van der Waals surface area contributed by atoms with Crippen molar-refractivity contribution in [1.29, 1.82) is 0 Å². The number of nitrogens with zero attached hydrogens (tertiary/aromatic N) is 3. The summed E-state index contributed by atoms with van der Waals surface area (Å²) in [5, 5.41) is 9.04. The quantitative estimate of drug-likeness (QED) is 0.902. The Morgan fingerprint density at radius 2 is 2.00 bits per heavy atom. The Bertz CT molecular complexity index is 874. The number of carboxylic acids is 1. The van der Waals surface area contributed by atoms with Gasteiger partial charge in [0.15, 0.2) is 0 Å². The van der Waals surface area contributed by atoms with Crippen LogP contribution in [0.3, 0.4) is 0 Å². The molecule has 1 aliphatic rings. The molecule has 1 aromatic carbocycles. The maximum Gasteiger partial charge on any atom is 0.341 e. The Hall–Kier alpha value is -2.48. The molecule has 8 heteroatoms. The SMILES string of the molecule is CN1CCN(c2[c]c3c(cc2F)c(=O)c(C(=O)O)cn3CCF)CC1. The Labute approximate surface area is 142 Å². The predicted molar refractivity (Wildman–Crippen MR) is 89.6 cm³/mol. The van der Waals surface area contributed by atoms with Gasteiger partial charge in [0, 0.05) is 38.4 Å². The molecule has 1 aromatic heterocycles. The molecule has 3 rings (SSSR count). The number of hydrogen-bond acceptors (Lipinski definition) is 4. The third-order valence-corrected chi connectivity index (χ3v) is 4.43. The number of benzene rings is 1. The van der Waals surface area contributed by atoms with Crippen LogP contribution < -0.4 is 10.3 Å². The number of pyridine rings is 1. The minimum Gasteiger partial charge on any atom is -0.477 e. The highest BCUT2D eigenvalue weighted by Crippen LogP contribution is 2.25. The van der Waals surface area contributed by atoms with Gasteiger partial charge in [-0.1, -0.05) is 0 Å². The number of aromatic nitrogens is 1. The van der Waals surface area contributed by atoms with E-state index in [1.165, 1.54) is 4.57 Å². The van der Waals surface area contributed by atoms with Crippen molar-refractivity contribution in [3.05, 3.63) is 39.9 Å². The maximum absolute atomic E-state index is 14.6. The highest BCUT2D eigenvalue weighted by molar-refractivity contribution is 5.93. The van der Waals surface area contributed by atoms with Crippen molar-refractivity contribution in [3.8, 4) is 0 Å². The van der Waals surface area contributed by atoms with Crippen molar-refractivity contribution in [1.82, 2.24) is 9.47 Å². The average molecular weight is 350 g/mol. The zero-order chi connectivity index (χ0) is 18.1. The molecule has 0 atom stereocenters. The van der Waals surface area contributed by atoms with E-state index in [4.69, 9.17) is 5.11 Å². The van der Waals surface area contributed by atoms with E-state index < -0.39 is 29.5 Å². The van der Waals surface area contributed by atoms with Gasteiger partial charge in [-0.2, -0.15) is 0 Å². The molecule has 25 heavy (non-hydrogen) atoms. The number of halogens is 2. The van der Waals surface area contributed by atoms with E-state index in [1.54, 1.807) is 0 Å². The van der Waals surface area contributed by atoms with Crippen molar-refractivity contribution in [2.24, 2.45) is 0 Å². The molecule has 0 saturated carbocycles. The van der Waals surface area contributed by atoms with Gasteiger partial charge in [0.2, 0.25) is 5.43 Å². The fourth-order valence-electron chi connectivity index (χ4n) is 3.01. The predicted octanol–water partition coefficient (Wildman–Crippen LogP) is 1.36. The Morgan fingerprint density at radius 3 is 2.60 bits per heavy atom. The molecule has 1 saturated heterocycles. The van der Waals surface area contributed by atoms with Gasteiger partial charge in [-0.3, -0.25) is 4.79 Å².